The van der Waals surface area contributed by atoms with Crippen LogP contribution in [-0.2, 0) is 9.53 Å². The number of ether oxygens (including phenoxy) is 1. The Morgan fingerprint density at radius 2 is 1.81 bits per heavy atom. The van der Waals surface area contributed by atoms with Gasteiger partial charge >= 0.3 is 12.0 Å². The van der Waals surface area contributed by atoms with E-state index in [1.165, 1.54) is 0 Å². The molecule has 1 rings (SSSR count). The molecule has 1 aromatic carbocycles. The summed E-state index contributed by atoms with van der Waals surface area (Å²) in [5, 5.41) is 4.56. The fourth-order valence-corrected chi connectivity index (χ4v) is 1.81. The molecule has 0 bridgehead atoms. The molecule has 0 aliphatic rings. The summed E-state index contributed by atoms with van der Waals surface area (Å²) in [5.74, 6) is -1.29. The number of hydrogen-bond donors (Lipinski definition) is 2. The molecular formula is C14H18N2O4S. The van der Waals surface area contributed by atoms with Crippen LogP contribution in [0.1, 0.15) is 24.2 Å². The highest BCUT2D eigenvalue weighted by Crippen LogP contribution is 2.15. The van der Waals surface area contributed by atoms with Crippen molar-refractivity contribution in [2.24, 2.45) is 0 Å². The van der Waals surface area contributed by atoms with Gasteiger partial charge in [-0.25, -0.2) is 9.59 Å². The van der Waals surface area contributed by atoms with Crippen LogP contribution in [0.5, 0.6) is 0 Å². The summed E-state index contributed by atoms with van der Waals surface area (Å²) in [7, 11) is 0. The van der Waals surface area contributed by atoms with Crippen LogP contribution in [0.15, 0.2) is 29.2 Å². The van der Waals surface area contributed by atoms with Gasteiger partial charge in [0.1, 0.15) is 0 Å². The predicted octanol–water partition coefficient (Wildman–Crippen LogP) is 1.80. The lowest BCUT2D eigenvalue weighted by Gasteiger charge is -2.09. The van der Waals surface area contributed by atoms with Gasteiger partial charge in [0, 0.05) is 10.9 Å². The first kappa shape index (κ1) is 17.0. The summed E-state index contributed by atoms with van der Waals surface area (Å²) in [5.41, 5.74) is 0.354. The van der Waals surface area contributed by atoms with Gasteiger partial charge in [-0.2, -0.15) is 0 Å². The maximum atomic E-state index is 11.7. The maximum Gasteiger partial charge on any atom is 0.338 e. The summed E-state index contributed by atoms with van der Waals surface area (Å²) in [6.07, 6.45) is 1.93. The number of imide groups is 1. The topological polar surface area (TPSA) is 84.5 Å². The van der Waals surface area contributed by atoms with E-state index in [0.29, 0.717) is 5.56 Å². The third kappa shape index (κ3) is 6.31. The Morgan fingerprint density at radius 3 is 2.33 bits per heavy atom. The predicted molar refractivity (Wildman–Crippen MR) is 80.3 cm³/mol. The molecule has 21 heavy (non-hydrogen) atoms. The molecule has 0 aliphatic heterocycles. The van der Waals surface area contributed by atoms with Crippen LogP contribution >= 0.6 is 11.8 Å². The van der Waals surface area contributed by atoms with Crippen molar-refractivity contribution in [3.05, 3.63) is 29.8 Å². The lowest BCUT2D eigenvalue weighted by Crippen LogP contribution is -2.44. The Bertz CT molecular complexity index is 514. The van der Waals surface area contributed by atoms with Crippen molar-refractivity contribution in [3.63, 3.8) is 0 Å². The number of rotatable bonds is 5. The number of nitrogens with one attached hydrogen (secondary N) is 2. The normalized spacial score (nSPS) is 10.1. The van der Waals surface area contributed by atoms with Crippen LogP contribution in [0, 0.1) is 0 Å². The first-order chi connectivity index (χ1) is 9.92. The van der Waals surface area contributed by atoms with Gasteiger partial charge in [-0.1, -0.05) is 0 Å². The monoisotopic (exact) mass is 310 g/mol. The Morgan fingerprint density at radius 1 is 1.19 bits per heavy atom. The average Bonchev–Trinajstić information content (AvgIpc) is 2.43. The molecule has 0 radical (unpaired) electrons. The number of thioether (sulfide) groups is 1. The third-order valence-electron chi connectivity index (χ3n) is 2.33. The fourth-order valence-electron chi connectivity index (χ4n) is 1.40. The molecule has 0 fully saturated rings. The maximum absolute atomic E-state index is 11.7. The molecule has 114 valence electrons. The number of esters is 1. The van der Waals surface area contributed by atoms with Crippen LogP contribution in [0.25, 0.3) is 0 Å². The zero-order valence-electron chi connectivity index (χ0n) is 12.1. The number of carbonyl (C=O) groups excluding carboxylic acids is 3. The highest BCUT2D eigenvalue weighted by atomic mass is 32.2. The van der Waals surface area contributed by atoms with E-state index >= 15 is 0 Å². The van der Waals surface area contributed by atoms with Gasteiger partial charge in [-0.05, 0) is 44.4 Å². The first-order valence-corrected chi connectivity index (χ1v) is 7.56. The Balaban J connectivity index is 2.41. The standard InChI is InChI=1S/C14H18N2O4S/c1-9(2)15-14(19)16-12(17)8-20-13(18)10-4-6-11(21-3)7-5-10/h4-7,9H,8H2,1-3H3,(H2,15,16,17,19). The molecule has 0 saturated heterocycles. The van der Waals surface area contributed by atoms with Crippen molar-refractivity contribution in [1.82, 2.24) is 10.6 Å². The zero-order chi connectivity index (χ0) is 15.8. The third-order valence-corrected chi connectivity index (χ3v) is 3.08. The Hall–Kier alpha value is -2.02. The van der Waals surface area contributed by atoms with Gasteiger partial charge in [-0.15, -0.1) is 11.8 Å². The van der Waals surface area contributed by atoms with Crippen molar-refractivity contribution in [1.29, 1.82) is 0 Å². The molecule has 1 aromatic rings. The summed E-state index contributed by atoms with van der Waals surface area (Å²) < 4.78 is 4.83. The van der Waals surface area contributed by atoms with Crippen molar-refractivity contribution in [2.75, 3.05) is 12.9 Å². The van der Waals surface area contributed by atoms with E-state index in [1.807, 2.05) is 6.26 Å². The smallest absolute Gasteiger partial charge is 0.338 e. The second kappa shape index (κ2) is 8.31. The molecule has 7 heteroatoms. The molecule has 6 nitrogen and oxygen atoms in total. The van der Waals surface area contributed by atoms with Crippen molar-refractivity contribution in [2.45, 2.75) is 24.8 Å². The summed E-state index contributed by atoms with van der Waals surface area (Å²) in [6.45, 7) is 3.03. The fraction of sp³-hybridized carbons (Fsp3) is 0.357. The summed E-state index contributed by atoms with van der Waals surface area (Å²) in [6, 6.07) is 6.12. The largest absolute Gasteiger partial charge is 0.452 e. The quantitative estimate of drug-likeness (QED) is 0.640. The molecule has 3 amide bonds. The lowest BCUT2D eigenvalue weighted by atomic mass is 10.2. The van der Waals surface area contributed by atoms with Crippen LogP contribution in [0.3, 0.4) is 0 Å². The van der Waals surface area contributed by atoms with E-state index in [1.54, 1.807) is 49.9 Å². The van der Waals surface area contributed by atoms with Gasteiger partial charge in [0.25, 0.3) is 5.91 Å². The summed E-state index contributed by atoms with van der Waals surface area (Å²) >= 11 is 1.56. The Kier molecular flexibility index (Phi) is 6.74. The van der Waals surface area contributed by atoms with Crippen LogP contribution in [0.4, 0.5) is 4.79 Å². The SMILES string of the molecule is CSc1ccc(C(=O)OCC(=O)NC(=O)NC(C)C)cc1. The van der Waals surface area contributed by atoms with Gasteiger partial charge in [0.05, 0.1) is 5.56 Å². The minimum absolute atomic E-state index is 0.0877. The number of urea groups is 1. The molecule has 2 N–H and O–H groups in total. The van der Waals surface area contributed by atoms with Crippen LogP contribution < -0.4 is 10.6 Å². The molecule has 0 saturated carbocycles. The van der Waals surface area contributed by atoms with Gasteiger partial charge in [0.2, 0.25) is 0 Å². The number of benzene rings is 1. The number of carbonyl (C=O) groups is 3. The van der Waals surface area contributed by atoms with E-state index < -0.39 is 24.5 Å². The first-order valence-electron chi connectivity index (χ1n) is 6.34. The Labute approximate surface area is 127 Å². The highest BCUT2D eigenvalue weighted by molar-refractivity contribution is 7.98. The van der Waals surface area contributed by atoms with Crippen LogP contribution in [0.2, 0.25) is 0 Å². The molecule has 0 aromatic heterocycles. The molecule has 0 atom stereocenters. The van der Waals surface area contributed by atoms with Crippen molar-refractivity contribution < 1.29 is 19.1 Å². The summed E-state index contributed by atoms with van der Waals surface area (Å²) in [4.78, 5) is 35.4. The molecule has 0 spiro atoms. The zero-order valence-corrected chi connectivity index (χ0v) is 13.0. The molecule has 0 aliphatic carbocycles. The van der Waals surface area contributed by atoms with E-state index in [4.69, 9.17) is 4.74 Å². The lowest BCUT2D eigenvalue weighted by molar-refractivity contribution is -0.123. The van der Waals surface area contributed by atoms with E-state index in [-0.39, 0.29) is 6.04 Å². The second-order valence-electron chi connectivity index (χ2n) is 4.48. The van der Waals surface area contributed by atoms with Gasteiger partial charge in [0.15, 0.2) is 6.61 Å². The van der Waals surface area contributed by atoms with Gasteiger partial charge in [-0.3, -0.25) is 10.1 Å². The van der Waals surface area contributed by atoms with Crippen molar-refractivity contribution in [3.8, 4) is 0 Å². The molecule has 0 unspecified atom stereocenters. The number of hydrogen-bond acceptors (Lipinski definition) is 5. The average molecular weight is 310 g/mol. The second-order valence-corrected chi connectivity index (χ2v) is 5.36. The van der Waals surface area contributed by atoms with Crippen molar-refractivity contribution >= 4 is 29.7 Å². The minimum atomic E-state index is -0.678. The minimum Gasteiger partial charge on any atom is -0.452 e. The van der Waals surface area contributed by atoms with E-state index in [2.05, 4.69) is 10.6 Å². The molecule has 0 heterocycles. The highest BCUT2D eigenvalue weighted by Gasteiger charge is 2.12. The van der Waals surface area contributed by atoms with Crippen LogP contribution in [-0.4, -0.2) is 36.8 Å². The molecular weight excluding hydrogens is 292 g/mol. The number of amides is 3. The van der Waals surface area contributed by atoms with E-state index in [9.17, 15) is 14.4 Å². The van der Waals surface area contributed by atoms with Gasteiger partial charge < -0.3 is 10.1 Å². The van der Waals surface area contributed by atoms with E-state index in [0.717, 1.165) is 4.90 Å².